The van der Waals surface area contributed by atoms with Crippen LogP contribution in [0, 0.1) is 0 Å². The second-order valence-corrected chi connectivity index (χ2v) is 3.82. The molecular formula is C7H6O6S. The van der Waals surface area contributed by atoms with Gasteiger partial charge in [0.2, 0.25) is 0 Å². The molecule has 0 bridgehead atoms. The molecule has 0 fully saturated rings. The standard InChI is InChI=1S/C7H6O6S/c8-4-2-1-3-5(14(11,12)13)6(4)7(9)10/h1-3,8H,(H,9,10)(H,11,12,13). The summed E-state index contributed by atoms with van der Waals surface area (Å²) in [5.41, 5.74) is -0.838. The second kappa shape index (κ2) is 3.28. The number of carbonyl (C=O) groups is 1. The molecule has 0 radical (unpaired) electrons. The highest BCUT2D eigenvalue weighted by Gasteiger charge is 2.22. The monoisotopic (exact) mass is 218 g/mol. The van der Waals surface area contributed by atoms with E-state index in [0.717, 1.165) is 18.2 Å². The highest BCUT2D eigenvalue weighted by atomic mass is 32.2. The van der Waals surface area contributed by atoms with E-state index in [2.05, 4.69) is 0 Å². The van der Waals surface area contributed by atoms with Gasteiger partial charge >= 0.3 is 5.97 Å². The van der Waals surface area contributed by atoms with Crippen molar-refractivity contribution in [2.45, 2.75) is 4.90 Å². The van der Waals surface area contributed by atoms with Crippen molar-refractivity contribution in [2.24, 2.45) is 0 Å². The lowest BCUT2D eigenvalue weighted by molar-refractivity contribution is 0.0689. The molecule has 76 valence electrons. The third-order valence-electron chi connectivity index (χ3n) is 1.50. The van der Waals surface area contributed by atoms with Gasteiger partial charge in [0.15, 0.2) is 0 Å². The maximum atomic E-state index is 10.7. The van der Waals surface area contributed by atoms with E-state index in [1.807, 2.05) is 0 Å². The first-order valence-corrected chi connectivity index (χ1v) is 4.81. The fraction of sp³-hybridized carbons (Fsp3) is 0. The predicted molar refractivity (Wildman–Crippen MR) is 44.9 cm³/mol. The number of hydrogen-bond donors (Lipinski definition) is 3. The molecule has 0 aromatic heterocycles. The molecule has 0 unspecified atom stereocenters. The molecule has 1 aromatic rings. The van der Waals surface area contributed by atoms with Gasteiger partial charge in [0.05, 0.1) is 0 Å². The first-order chi connectivity index (χ1) is 6.34. The Balaban J connectivity index is 3.61. The van der Waals surface area contributed by atoms with Crippen molar-refractivity contribution in [3.05, 3.63) is 23.8 Å². The van der Waals surface area contributed by atoms with Crippen LogP contribution in [0.4, 0.5) is 0 Å². The predicted octanol–water partition coefficient (Wildman–Crippen LogP) is 0.337. The lowest BCUT2D eigenvalue weighted by Crippen LogP contribution is -2.08. The van der Waals surface area contributed by atoms with Gasteiger partial charge in [0.25, 0.3) is 10.1 Å². The van der Waals surface area contributed by atoms with Crippen LogP contribution in [0.1, 0.15) is 10.4 Å². The van der Waals surface area contributed by atoms with Crippen molar-refractivity contribution in [3.63, 3.8) is 0 Å². The van der Waals surface area contributed by atoms with E-state index in [9.17, 15) is 13.2 Å². The van der Waals surface area contributed by atoms with Crippen molar-refractivity contribution in [3.8, 4) is 5.75 Å². The Morgan fingerprint density at radius 2 is 1.86 bits per heavy atom. The molecule has 1 aromatic carbocycles. The summed E-state index contributed by atoms with van der Waals surface area (Å²) in [6.07, 6.45) is 0. The van der Waals surface area contributed by atoms with E-state index in [4.69, 9.17) is 14.8 Å². The minimum atomic E-state index is -4.64. The summed E-state index contributed by atoms with van der Waals surface area (Å²) in [7, 11) is -4.64. The molecule has 3 N–H and O–H groups in total. The molecule has 14 heavy (non-hydrogen) atoms. The Hall–Kier alpha value is -1.60. The molecule has 0 heterocycles. The summed E-state index contributed by atoms with van der Waals surface area (Å²) >= 11 is 0. The van der Waals surface area contributed by atoms with Crippen LogP contribution in [0.15, 0.2) is 23.1 Å². The highest BCUT2D eigenvalue weighted by Crippen LogP contribution is 2.24. The van der Waals surface area contributed by atoms with Crippen molar-refractivity contribution >= 4 is 16.1 Å². The Labute approximate surface area is 79.2 Å². The minimum absolute atomic E-state index is 0.715. The van der Waals surface area contributed by atoms with Gasteiger partial charge in [0.1, 0.15) is 16.2 Å². The van der Waals surface area contributed by atoms with Gasteiger partial charge in [0, 0.05) is 0 Å². The van der Waals surface area contributed by atoms with Crippen LogP contribution in [-0.4, -0.2) is 29.2 Å². The summed E-state index contributed by atoms with van der Waals surface area (Å²) in [5.74, 6) is -2.34. The van der Waals surface area contributed by atoms with E-state index in [0.29, 0.717) is 0 Å². The normalized spacial score (nSPS) is 11.2. The summed E-state index contributed by atoms with van der Waals surface area (Å²) in [6.45, 7) is 0. The average molecular weight is 218 g/mol. The van der Waals surface area contributed by atoms with Crippen LogP contribution in [0.3, 0.4) is 0 Å². The first-order valence-electron chi connectivity index (χ1n) is 3.37. The highest BCUT2D eigenvalue weighted by molar-refractivity contribution is 7.86. The zero-order valence-electron chi connectivity index (χ0n) is 6.71. The van der Waals surface area contributed by atoms with Crippen LogP contribution in [0.5, 0.6) is 5.75 Å². The van der Waals surface area contributed by atoms with Crippen LogP contribution >= 0.6 is 0 Å². The SMILES string of the molecule is O=C(O)c1c(O)cccc1S(=O)(=O)O. The molecule has 0 aliphatic heterocycles. The van der Waals surface area contributed by atoms with Gasteiger partial charge in [-0.15, -0.1) is 0 Å². The third kappa shape index (κ3) is 1.83. The molecule has 0 saturated heterocycles. The van der Waals surface area contributed by atoms with E-state index < -0.39 is 32.3 Å². The summed E-state index contributed by atoms with van der Waals surface area (Å²) in [4.78, 5) is 9.72. The number of carboxylic acids is 1. The number of carboxylic acid groups (broad SMARTS) is 1. The number of benzene rings is 1. The van der Waals surface area contributed by atoms with Gasteiger partial charge < -0.3 is 10.2 Å². The molecule has 1 rings (SSSR count). The Morgan fingerprint density at radius 1 is 1.29 bits per heavy atom. The molecule has 0 saturated carbocycles. The van der Waals surface area contributed by atoms with E-state index in [1.54, 1.807) is 0 Å². The summed E-state index contributed by atoms with van der Waals surface area (Å²) in [6, 6.07) is 3.02. The van der Waals surface area contributed by atoms with Crippen molar-refractivity contribution in [1.82, 2.24) is 0 Å². The van der Waals surface area contributed by atoms with Gasteiger partial charge in [-0.2, -0.15) is 8.42 Å². The molecule has 0 atom stereocenters. The molecular weight excluding hydrogens is 212 g/mol. The maximum Gasteiger partial charge on any atom is 0.340 e. The fourth-order valence-electron chi connectivity index (χ4n) is 0.949. The van der Waals surface area contributed by atoms with Gasteiger partial charge in [-0.1, -0.05) is 6.07 Å². The Kier molecular flexibility index (Phi) is 2.45. The van der Waals surface area contributed by atoms with Gasteiger partial charge in [-0.25, -0.2) is 4.79 Å². The lowest BCUT2D eigenvalue weighted by atomic mass is 10.2. The molecule has 0 aliphatic carbocycles. The Bertz CT molecular complexity index is 475. The average Bonchev–Trinajstić information content (AvgIpc) is 2.01. The van der Waals surface area contributed by atoms with Crippen molar-refractivity contribution < 1.29 is 28.0 Å². The molecule has 0 aliphatic rings. The zero-order chi connectivity index (χ0) is 10.9. The molecule has 6 nitrogen and oxygen atoms in total. The topological polar surface area (TPSA) is 112 Å². The number of aromatic hydroxyl groups is 1. The largest absolute Gasteiger partial charge is 0.507 e. The quantitative estimate of drug-likeness (QED) is 0.617. The van der Waals surface area contributed by atoms with Gasteiger partial charge in [-0.3, -0.25) is 4.55 Å². The minimum Gasteiger partial charge on any atom is -0.507 e. The molecule has 0 spiro atoms. The number of rotatable bonds is 2. The van der Waals surface area contributed by atoms with Crippen LogP contribution in [0.25, 0.3) is 0 Å². The van der Waals surface area contributed by atoms with Gasteiger partial charge in [-0.05, 0) is 12.1 Å². The lowest BCUT2D eigenvalue weighted by Gasteiger charge is -2.03. The second-order valence-electron chi connectivity index (χ2n) is 2.43. The summed E-state index contributed by atoms with van der Waals surface area (Å²) < 4.78 is 30.0. The maximum absolute atomic E-state index is 10.7. The van der Waals surface area contributed by atoms with Crippen LogP contribution in [-0.2, 0) is 10.1 Å². The first kappa shape index (κ1) is 10.5. The number of aromatic carboxylic acids is 1. The zero-order valence-corrected chi connectivity index (χ0v) is 7.52. The fourth-order valence-corrected chi connectivity index (χ4v) is 1.65. The number of phenols is 1. The van der Waals surface area contributed by atoms with E-state index in [-0.39, 0.29) is 0 Å². The third-order valence-corrected chi connectivity index (χ3v) is 2.39. The van der Waals surface area contributed by atoms with E-state index >= 15 is 0 Å². The van der Waals surface area contributed by atoms with Crippen molar-refractivity contribution in [1.29, 1.82) is 0 Å². The molecule has 7 heteroatoms. The van der Waals surface area contributed by atoms with Crippen molar-refractivity contribution in [2.75, 3.05) is 0 Å². The van der Waals surface area contributed by atoms with Crippen LogP contribution < -0.4 is 0 Å². The molecule has 0 amide bonds. The smallest absolute Gasteiger partial charge is 0.340 e. The van der Waals surface area contributed by atoms with Crippen LogP contribution in [0.2, 0.25) is 0 Å². The van der Waals surface area contributed by atoms with E-state index in [1.165, 1.54) is 0 Å². The number of hydrogen-bond acceptors (Lipinski definition) is 4. The Morgan fingerprint density at radius 3 is 2.21 bits per heavy atom. The summed E-state index contributed by atoms with van der Waals surface area (Å²) in [5, 5.41) is 17.6.